The highest BCUT2D eigenvalue weighted by Crippen LogP contribution is 2.28. The van der Waals surface area contributed by atoms with E-state index in [1.54, 1.807) is 48.0 Å². The molecule has 20 heteroatoms. The Bertz CT molecular complexity index is 2760. The summed E-state index contributed by atoms with van der Waals surface area (Å²) in [6.45, 7) is 10.9. The van der Waals surface area contributed by atoms with Crippen molar-refractivity contribution < 1.29 is 43.7 Å². The minimum atomic E-state index is -0.265. The molecule has 17 nitrogen and oxygen atoms in total. The maximum atomic E-state index is 12.9. The van der Waals surface area contributed by atoms with Crippen LogP contribution >= 0.6 is 35.6 Å². The summed E-state index contributed by atoms with van der Waals surface area (Å²) in [6, 6.07) is 25.2. The Balaban J connectivity index is 0.00000136. The summed E-state index contributed by atoms with van der Waals surface area (Å²) < 4.78 is 14.9. The first-order chi connectivity index (χ1) is 34.8. The third-order valence-electron chi connectivity index (χ3n) is 10.8. The molecule has 0 radical (unpaired) electrons. The second-order valence-electron chi connectivity index (χ2n) is 17.6. The van der Waals surface area contributed by atoms with Crippen LogP contribution in [0, 0.1) is 0 Å². The molecule has 6 aromatic rings. The molecular formula is C57H81Cl3N8O9. The van der Waals surface area contributed by atoms with Crippen molar-refractivity contribution in [3.05, 3.63) is 141 Å². The number of amides is 2. The number of halogens is 3. The highest BCUT2D eigenvalue weighted by molar-refractivity contribution is 6.32. The summed E-state index contributed by atoms with van der Waals surface area (Å²) in [7, 11) is 6.61. The summed E-state index contributed by atoms with van der Waals surface area (Å²) in [6.07, 6.45) is 5.69. The van der Waals surface area contributed by atoms with E-state index in [0.29, 0.717) is 69.9 Å². The molecule has 6 rings (SSSR count). The number of nitrogens with zero attached hydrogens (tertiary/aromatic N) is 5. The molecule has 0 aliphatic rings. The fourth-order valence-electron chi connectivity index (χ4n) is 7.53. The Morgan fingerprint density at radius 3 is 1.32 bits per heavy atom. The Morgan fingerprint density at radius 1 is 0.649 bits per heavy atom. The molecular weight excluding hydrogens is 1050 g/mol. The van der Waals surface area contributed by atoms with E-state index in [1.807, 2.05) is 107 Å². The number of oxime groups is 1. The Hall–Kier alpha value is -6.31. The molecule has 424 valence electrons. The number of carbonyl (C=O) groups is 3. The van der Waals surface area contributed by atoms with E-state index in [9.17, 15) is 24.6 Å². The molecule has 2 heterocycles. The molecule has 2 atom stereocenters. The van der Waals surface area contributed by atoms with E-state index in [2.05, 4.69) is 36.5 Å². The molecule has 0 fully saturated rings. The smallest absolute Gasteiger partial charge is 0.251 e. The van der Waals surface area contributed by atoms with Crippen LogP contribution in [-0.2, 0) is 36.6 Å². The molecule has 6 N–H and O–H groups in total. The highest BCUT2D eigenvalue weighted by Gasteiger charge is 2.19. The number of hydrogen-bond acceptors (Lipinski definition) is 13. The first-order valence-electron chi connectivity index (χ1n) is 23.6. The number of imidazole rings is 2. The van der Waals surface area contributed by atoms with Gasteiger partial charge in [0, 0.05) is 81.0 Å². The molecule has 0 unspecified atom stereocenters. The Morgan fingerprint density at radius 2 is 1.01 bits per heavy atom. The van der Waals surface area contributed by atoms with Gasteiger partial charge in [-0.25, -0.2) is 15.9 Å². The molecule has 2 aromatic heterocycles. The predicted molar refractivity (Wildman–Crippen MR) is 313 cm³/mol. The van der Waals surface area contributed by atoms with Crippen molar-refractivity contribution in [3.63, 3.8) is 0 Å². The standard InChI is InChI=1S/C27H33ClN4O4.C26H30ClN3O4.CH5NO.3CH4.ClH/c1-17(2)36-25-11-10-21(15-23(25)28)27(34)29-22(12-13-33)14-19-6-8-20(9-7-19)24-16-32(4)26(30-24)18(3)31-35-5;1-16(2)34-24-10-9-20(14-22(24)27)26(33)28-21(11-12-31)13-18-5-7-19(8-6-18)23-15-30(4)25(29-23)17(3)32;1-3-2;;;;/h6-11,15-17,22,33H,12-14H2,1-5H3,(H,29,34);5-10,14-16,21,31H,11-13H2,1-4H3,(H,28,33);2H2,1H3;3*1H4;1H/b31-18+;;;;;;/t22-;21-;;;;;/m11...../s1. The average Bonchev–Trinajstić information content (AvgIpc) is 3.93. The number of ketones is 1. The van der Waals surface area contributed by atoms with E-state index >= 15 is 0 Å². The van der Waals surface area contributed by atoms with Crippen molar-refractivity contribution in [2.24, 2.45) is 25.1 Å². The zero-order valence-electron chi connectivity index (χ0n) is 43.5. The minimum Gasteiger partial charge on any atom is -0.489 e. The Kier molecular flexibility index (Phi) is 32.3. The average molecular weight is 1130 g/mol. The number of aliphatic hydroxyl groups excluding tert-OH is 2. The lowest BCUT2D eigenvalue weighted by molar-refractivity contribution is 0.0921. The minimum absolute atomic E-state index is 0. The lowest BCUT2D eigenvalue weighted by Crippen LogP contribution is -2.37. The zero-order valence-corrected chi connectivity index (χ0v) is 45.8. The van der Waals surface area contributed by atoms with E-state index in [4.69, 9.17) is 37.5 Å². The van der Waals surface area contributed by atoms with Crippen LogP contribution in [0.25, 0.3) is 22.5 Å². The highest BCUT2D eigenvalue weighted by atomic mass is 35.5. The zero-order chi connectivity index (χ0) is 53.8. The molecule has 4 aromatic carbocycles. The number of carbonyl (C=O) groups excluding carboxylic acids is 3. The fraction of sp³-hybridized carbons (Fsp3) is 0.404. The van der Waals surface area contributed by atoms with Crippen LogP contribution < -0.4 is 26.0 Å². The maximum Gasteiger partial charge on any atom is 0.251 e. The van der Waals surface area contributed by atoms with Gasteiger partial charge in [0.25, 0.3) is 11.8 Å². The number of rotatable bonds is 21. The quantitative estimate of drug-likeness (QED) is 0.0258. The maximum absolute atomic E-state index is 12.9. The number of Topliss-reactive ketones (excluding diaryl/α,β-unsaturated/α-hetero) is 1. The molecule has 2 amide bonds. The van der Waals surface area contributed by atoms with E-state index in [0.717, 1.165) is 39.5 Å². The second kappa shape index (κ2) is 35.2. The van der Waals surface area contributed by atoms with Gasteiger partial charge in [-0.2, -0.15) is 0 Å². The van der Waals surface area contributed by atoms with Crippen LogP contribution in [0.1, 0.15) is 125 Å². The lowest BCUT2D eigenvalue weighted by Gasteiger charge is -2.19. The summed E-state index contributed by atoms with van der Waals surface area (Å²) in [5, 5.41) is 29.8. The van der Waals surface area contributed by atoms with Gasteiger partial charge in [-0.3, -0.25) is 14.4 Å². The third-order valence-corrected chi connectivity index (χ3v) is 11.4. The van der Waals surface area contributed by atoms with Gasteiger partial charge < -0.3 is 49.1 Å². The van der Waals surface area contributed by atoms with Gasteiger partial charge in [-0.1, -0.05) is 99.2 Å². The number of aliphatic hydroxyl groups is 2. The van der Waals surface area contributed by atoms with Crippen molar-refractivity contribution in [3.8, 4) is 34.0 Å². The van der Waals surface area contributed by atoms with Gasteiger partial charge in [0.2, 0.25) is 0 Å². The molecule has 0 spiro atoms. The first kappa shape index (κ1) is 70.7. The van der Waals surface area contributed by atoms with Gasteiger partial charge in [0.15, 0.2) is 17.4 Å². The van der Waals surface area contributed by atoms with Gasteiger partial charge in [0.1, 0.15) is 24.3 Å². The van der Waals surface area contributed by atoms with Crippen LogP contribution in [0.3, 0.4) is 0 Å². The van der Waals surface area contributed by atoms with Crippen LogP contribution in [0.4, 0.5) is 0 Å². The largest absolute Gasteiger partial charge is 0.489 e. The molecule has 0 bridgehead atoms. The predicted octanol–water partition coefficient (Wildman–Crippen LogP) is 10.9. The van der Waals surface area contributed by atoms with Crippen LogP contribution in [0.2, 0.25) is 10.0 Å². The summed E-state index contributed by atoms with van der Waals surface area (Å²) >= 11 is 12.6. The fourth-order valence-corrected chi connectivity index (χ4v) is 7.98. The summed E-state index contributed by atoms with van der Waals surface area (Å²) in [5.74, 6) is 5.95. The monoisotopic (exact) mass is 1130 g/mol. The molecule has 0 aliphatic carbocycles. The Labute approximate surface area is 471 Å². The van der Waals surface area contributed by atoms with Crippen molar-refractivity contribution in [2.75, 3.05) is 27.4 Å². The van der Waals surface area contributed by atoms with Crippen LogP contribution in [0.5, 0.6) is 11.5 Å². The van der Waals surface area contributed by atoms with Crippen molar-refractivity contribution in [1.82, 2.24) is 29.7 Å². The van der Waals surface area contributed by atoms with Gasteiger partial charge in [-0.15, -0.1) is 12.4 Å². The number of benzene rings is 4. The van der Waals surface area contributed by atoms with E-state index in [-0.39, 0.29) is 89.8 Å². The van der Waals surface area contributed by atoms with Gasteiger partial charge in [-0.05, 0) is 108 Å². The van der Waals surface area contributed by atoms with Crippen LogP contribution in [-0.4, -0.2) is 104 Å². The van der Waals surface area contributed by atoms with E-state index < -0.39 is 0 Å². The SMILES string of the molecule is C.C.C.CC(=O)c1nc(-c2ccc(C[C@@H](CCO)NC(=O)c3ccc(OC(C)C)c(Cl)c3)cc2)cn1C.CO/N=C(\C)c1nc(-c2ccc(C[C@@H](CCO)NC(=O)c3ccc(OC(C)C)c(Cl)c3)cc2)cn1C.CON.Cl. The summed E-state index contributed by atoms with van der Waals surface area (Å²) in [5.41, 5.74) is 7.00. The molecule has 0 aliphatic heterocycles. The summed E-state index contributed by atoms with van der Waals surface area (Å²) in [4.78, 5) is 55.0. The number of aryl methyl sites for hydroxylation is 2. The van der Waals surface area contributed by atoms with Crippen molar-refractivity contribution >= 4 is 58.9 Å². The van der Waals surface area contributed by atoms with Crippen molar-refractivity contribution in [2.45, 2.75) is 114 Å². The third kappa shape index (κ3) is 21.9. The number of ether oxygens (including phenoxy) is 2. The number of aromatic nitrogens is 4. The van der Waals surface area contributed by atoms with Crippen LogP contribution in [0.15, 0.2) is 102 Å². The van der Waals surface area contributed by atoms with Gasteiger partial charge >= 0.3 is 0 Å². The first-order valence-corrected chi connectivity index (χ1v) is 24.4. The second-order valence-corrected chi connectivity index (χ2v) is 18.4. The molecule has 77 heavy (non-hydrogen) atoms. The normalized spacial score (nSPS) is 11.4. The number of nitrogens with two attached hydrogens (primary N) is 1. The van der Waals surface area contributed by atoms with Gasteiger partial charge in [0.05, 0.1) is 40.8 Å². The van der Waals surface area contributed by atoms with Crippen molar-refractivity contribution in [1.29, 1.82) is 0 Å². The molecule has 0 saturated heterocycles. The number of hydrogen-bond donors (Lipinski definition) is 5. The lowest BCUT2D eigenvalue weighted by atomic mass is 10.0. The topological polar surface area (TPSA) is 227 Å². The molecule has 0 saturated carbocycles. The number of nitrogens with one attached hydrogen (secondary N) is 2. The van der Waals surface area contributed by atoms with E-state index in [1.165, 1.54) is 21.1 Å².